The molecule has 33 heavy (non-hydrogen) atoms. The van der Waals surface area contributed by atoms with Crippen molar-refractivity contribution in [1.82, 2.24) is 5.32 Å². The Morgan fingerprint density at radius 1 is 0.909 bits per heavy atom. The molecule has 0 saturated heterocycles. The number of aryl methyl sites for hydroxylation is 1. The normalized spacial score (nSPS) is 11.0. The Balaban J connectivity index is 1.74. The number of anilines is 1. The van der Waals surface area contributed by atoms with Gasteiger partial charge in [0.2, 0.25) is 5.91 Å². The molecular weight excluding hydrogens is 440 g/mol. The number of amides is 1. The van der Waals surface area contributed by atoms with Crippen molar-refractivity contribution in [3.8, 4) is 11.5 Å². The van der Waals surface area contributed by atoms with Crippen LogP contribution in [0.15, 0.2) is 77.7 Å². The second-order valence-corrected chi connectivity index (χ2v) is 9.27. The van der Waals surface area contributed by atoms with Crippen LogP contribution >= 0.6 is 0 Å². The molecule has 3 aromatic rings. The number of sulfonamides is 1. The number of benzene rings is 3. The number of ether oxygens (including phenoxy) is 2. The number of hydrogen-bond acceptors (Lipinski definition) is 5. The van der Waals surface area contributed by atoms with Gasteiger partial charge in [-0.3, -0.25) is 9.10 Å². The van der Waals surface area contributed by atoms with Crippen LogP contribution in [0.1, 0.15) is 17.5 Å². The molecule has 7 nitrogen and oxygen atoms in total. The standard InChI is InChI=1S/C25H28N2O5S/c1-19-12-14-22(15-13-19)33(29,30)27(21-9-5-4-6-10-21)17-16-24(28)26-18-20-8-7-11-23(31-2)25(20)32-3/h4-15H,16-18H2,1-3H3,(H,26,28). The summed E-state index contributed by atoms with van der Waals surface area (Å²) >= 11 is 0. The quantitative estimate of drug-likeness (QED) is 0.488. The summed E-state index contributed by atoms with van der Waals surface area (Å²) < 4.78 is 38.7. The summed E-state index contributed by atoms with van der Waals surface area (Å²) in [7, 11) is -0.750. The highest BCUT2D eigenvalue weighted by Gasteiger charge is 2.25. The van der Waals surface area contributed by atoms with Gasteiger partial charge in [0.1, 0.15) is 0 Å². The van der Waals surface area contributed by atoms with Gasteiger partial charge in [-0.15, -0.1) is 0 Å². The molecule has 0 spiro atoms. The van der Waals surface area contributed by atoms with E-state index in [1.54, 1.807) is 61.7 Å². The van der Waals surface area contributed by atoms with E-state index in [0.717, 1.165) is 11.1 Å². The molecule has 0 aliphatic heterocycles. The lowest BCUT2D eigenvalue weighted by Crippen LogP contribution is -2.35. The number of para-hydroxylation sites is 2. The Bertz CT molecular complexity index is 1180. The van der Waals surface area contributed by atoms with E-state index in [4.69, 9.17) is 9.47 Å². The zero-order chi connectivity index (χ0) is 23.8. The van der Waals surface area contributed by atoms with Gasteiger partial charge in [0, 0.05) is 25.1 Å². The molecule has 0 saturated carbocycles. The zero-order valence-electron chi connectivity index (χ0n) is 18.9. The lowest BCUT2D eigenvalue weighted by atomic mass is 10.2. The van der Waals surface area contributed by atoms with Crippen molar-refractivity contribution < 1.29 is 22.7 Å². The van der Waals surface area contributed by atoms with Gasteiger partial charge in [-0.05, 0) is 37.3 Å². The van der Waals surface area contributed by atoms with Gasteiger partial charge < -0.3 is 14.8 Å². The fourth-order valence-corrected chi connectivity index (χ4v) is 4.86. The first-order chi connectivity index (χ1) is 15.9. The molecule has 0 bridgehead atoms. The first-order valence-electron chi connectivity index (χ1n) is 10.5. The van der Waals surface area contributed by atoms with Crippen LogP contribution in [0.2, 0.25) is 0 Å². The average Bonchev–Trinajstić information content (AvgIpc) is 2.83. The van der Waals surface area contributed by atoms with Crippen LogP contribution in [0.3, 0.4) is 0 Å². The molecule has 3 aromatic carbocycles. The number of methoxy groups -OCH3 is 2. The van der Waals surface area contributed by atoms with E-state index in [1.165, 1.54) is 11.4 Å². The van der Waals surface area contributed by atoms with Crippen molar-refractivity contribution in [2.45, 2.75) is 24.8 Å². The molecule has 8 heteroatoms. The Hall–Kier alpha value is -3.52. The second-order valence-electron chi connectivity index (χ2n) is 7.41. The van der Waals surface area contributed by atoms with Gasteiger partial charge in [0.05, 0.1) is 24.8 Å². The highest BCUT2D eigenvalue weighted by molar-refractivity contribution is 7.92. The van der Waals surface area contributed by atoms with Crippen molar-refractivity contribution in [3.63, 3.8) is 0 Å². The molecule has 0 aliphatic rings. The third-order valence-corrected chi connectivity index (χ3v) is 7.00. The second kappa shape index (κ2) is 10.9. The summed E-state index contributed by atoms with van der Waals surface area (Å²) in [5.41, 5.74) is 2.23. The molecule has 174 valence electrons. The summed E-state index contributed by atoms with van der Waals surface area (Å²) in [4.78, 5) is 12.8. The monoisotopic (exact) mass is 468 g/mol. The minimum Gasteiger partial charge on any atom is -0.493 e. The largest absolute Gasteiger partial charge is 0.493 e. The molecule has 0 unspecified atom stereocenters. The summed E-state index contributed by atoms with van der Waals surface area (Å²) in [6.45, 7) is 2.13. The number of carbonyl (C=O) groups excluding carboxylic acids is 1. The summed E-state index contributed by atoms with van der Waals surface area (Å²) in [6.07, 6.45) is -0.00767. The van der Waals surface area contributed by atoms with Crippen molar-refractivity contribution >= 4 is 21.6 Å². The number of nitrogens with zero attached hydrogens (tertiary/aromatic N) is 1. The minimum atomic E-state index is -3.84. The molecule has 1 N–H and O–H groups in total. The predicted molar refractivity (Wildman–Crippen MR) is 128 cm³/mol. The van der Waals surface area contributed by atoms with Crippen LogP contribution in [0.5, 0.6) is 11.5 Å². The highest BCUT2D eigenvalue weighted by Crippen LogP contribution is 2.30. The third kappa shape index (κ3) is 5.84. The fraction of sp³-hybridized carbons (Fsp3) is 0.240. The lowest BCUT2D eigenvalue weighted by Gasteiger charge is -2.24. The average molecular weight is 469 g/mol. The lowest BCUT2D eigenvalue weighted by molar-refractivity contribution is -0.121. The van der Waals surface area contributed by atoms with E-state index >= 15 is 0 Å². The van der Waals surface area contributed by atoms with Crippen molar-refractivity contribution in [1.29, 1.82) is 0 Å². The molecule has 0 aliphatic carbocycles. The van der Waals surface area contributed by atoms with E-state index in [9.17, 15) is 13.2 Å². The Kier molecular flexibility index (Phi) is 7.95. The molecule has 0 atom stereocenters. The zero-order valence-corrected chi connectivity index (χ0v) is 19.8. The van der Waals surface area contributed by atoms with Crippen molar-refractivity contribution in [2.24, 2.45) is 0 Å². The Morgan fingerprint density at radius 3 is 2.24 bits per heavy atom. The summed E-state index contributed by atoms with van der Waals surface area (Å²) in [6, 6.07) is 20.9. The highest BCUT2D eigenvalue weighted by atomic mass is 32.2. The first kappa shape index (κ1) is 24.1. The SMILES string of the molecule is COc1cccc(CNC(=O)CCN(c2ccccc2)S(=O)(=O)c2ccc(C)cc2)c1OC. The molecule has 0 fully saturated rings. The predicted octanol–water partition coefficient (Wildman–Crippen LogP) is 3.91. The van der Waals surface area contributed by atoms with Crippen molar-refractivity contribution in [2.75, 3.05) is 25.1 Å². The van der Waals surface area contributed by atoms with Gasteiger partial charge in [-0.1, -0.05) is 48.0 Å². The van der Waals surface area contributed by atoms with Crippen LogP contribution in [-0.4, -0.2) is 35.1 Å². The van der Waals surface area contributed by atoms with Gasteiger partial charge in [-0.25, -0.2) is 8.42 Å². The maximum atomic E-state index is 13.4. The Labute approximate surface area is 195 Å². The number of carbonyl (C=O) groups is 1. The van der Waals surface area contributed by atoms with Crippen LogP contribution in [0, 0.1) is 6.92 Å². The van der Waals surface area contributed by atoms with E-state index in [2.05, 4.69) is 5.32 Å². The maximum Gasteiger partial charge on any atom is 0.264 e. The van der Waals surface area contributed by atoms with E-state index < -0.39 is 10.0 Å². The summed E-state index contributed by atoms with van der Waals surface area (Å²) in [5.74, 6) is 0.844. The van der Waals surface area contributed by atoms with Crippen LogP contribution in [0.25, 0.3) is 0 Å². The third-order valence-electron chi connectivity index (χ3n) is 5.16. The van der Waals surface area contributed by atoms with Gasteiger partial charge in [0.25, 0.3) is 10.0 Å². The van der Waals surface area contributed by atoms with E-state index in [1.807, 2.05) is 25.1 Å². The number of rotatable bonds is 10. The fourth-order valence-electron chi connectivity index (χ4n) is 3.40. The van der Waals surface area contributed by atoms with Crippen LogP contribution < -0.4 is 19.1 Å². The minimum absolute atomic E-state index is 0.00129. The molecule has 0 heterocycles. The molecule has 3 rings (SSSR count). The number of hydrogen-bond donors (Lipinski definition) is 1. The molecule has 1 amide bonds. The smallest absolute Gasteiger partial charge is 0.264 e. The van der Waals surface area contributed by atoms with Crippen LogP contribution in [0.4, 0.5) is 5.69 Å². The molecule has 0 aromatic heterocycles. The Morgan fingerprint density at radius 2 is 1.61 bits per heavy atom. The summed E-state index contributed by atoms with van der Waals surface area (Å²) in [5, 5.41) is 2.83. The topological polar surface area (TPSA) is 84.9 Å². The van der Waals surface area contributed by atoms with Crippen molar-refractivity contribution in [3.05, 3.63) is 83.9 Å². The number of nitrogens with one attached hydrogen (secondary N) is 1. The van der Waals surface area contributed by atoms with Gasteiger partial charge in [-0.2, -0.15) is 0 Å². The van der Waals surface area contributed by atoms with Gasteiger partial charge in [0.15, 0.2) is 11.5 Å². The van der Waals surface area contributed by atoms with E-state index in [-0.39, 0.29) is 30.3 Å². The van der Waals surface area contributed by atoms with Crippen LogP contribution in [-0.2, 0) is 21.4 Å². The first-order valence-corrected chi connectivity index (χ1v) is 11.9. The molecular formula is C25H28N2O5S. The maximum absolute atomic E-state index is 13.4. The molecule has 0 radical (unpaired) electrons. The van der Waals surface area contributed by atoms with Gasteiger partial charge >= 0.3 is 0 Å². The van der Waals surface area contributed by atoms with E-state index in [0.29, 0.717) is 17.2 Å².